The molecule has 0 aliphatic carbocycles. The molecule has 0 unspecified atom stereocenters. The summed E-state index contributed by atoms with van der Waals surface area (Å²) < 4.78 is 0.977. The Kier molecular flexibility index (Phi) is 1.94. The minimum absolute atomic E-state index is 0.0841. The molecular formula is C7H11NO3. The normalized spacial score (nSPS) is 10.5. The molecular weight excluding hydrogens is 146 g/mol. The number of aromatic nitrogens is 1. The van der Waals surface area contributed by atoms with E-state index in [0.717, 1.165) is 4.73 Å². The summed E-state index contributed by atoms with van der Waals surface area (Å²) >= 11 is 0. The zero-order valence-corrected chi connectivity index (χ0v) is 6.48. The Morgan fingerprint density at radius 1 is 1.27 bits per heavy atom. The van der Waals surface area contributed by atoms with E-state index < -0.39 is 0 Å². The van der Waals surface area contributed by atoms with Gasteiger partial charge in [0.2, 0.25) is 11.8 Å². The average Bonchev–Trinajstić information content (AvgIpc) is 2.18. The van der Waals surface area contributed by atoms with Gasteiger partial charge in [0.15, 0.2) is 0 Å². The summed E-state index contributed by atoms with van der Waals surface area (Å²) in [5.41, 5.74) is 0. The van der Waals surface area contributed by atoms with Crippen LogP contribution >= 0.6 is 0 Å². The van der Waals surface area contributed by atoms with E-state index >= 15 is 0 Å². The molecule has 1 rings (SSSR count). The fourth-order valence-corrected chi connectivity index (χ4v) is 0.721. The van der Waals surface area contributed by atoms with Crippen LogP contribution in [0.25, 0.3) is 0 Å². The first-order valence-electron chi connectivity index (χ1n) is 3.38. The Morgan fingerprint density at radius 3 is 2.09 bits per heavy atom. The van der Waals surface area contributed by atoms with Crippen molar-refractivity contribution in [3.05, 3.63) is 12.1 Å². The van der Waals surface area contributed by atoms with Gasteiger partial charge < -0.3 is 15.1 Å². The lowest BCUT2D eigenvalue weighted by Crippen LogP contribution is -2.17. The van der Waals surface area contributed by atoms with Crippen LogP contribution in [0.15, 0.2) is 12.1 Å². The van der Waals surface area contributed by atoms with Gasteiger partial charge in [-0.25, -0.2) is 0 Å². The molecule has 1 heterocycles. The van der Waals surface area contributed by atoms with Gasteiger partial charge in [-0.15, -0.1) is 4.73 Å². The smallest absolute Gasteiger partial charge is 0.229 e. The fraction of sp³-hybridized carbons (Fsp3) is 0.429. The van der Waals surface area contributed by atoms with Crippen molar-refractivity contribution >= 4 is 0 Å². The van der Waals surface area contributed by atoms with Crippen molar-refractivity contribution in [2.75, 3.05) is 0 Å². The number of hydrogen-bond donors (Lipinski definition) is 2. The highest BCUT2D eigenvalue weighted by Gasteiger charge is 2.07. The second-order valence-electron chi connectivity index (χ2n) is 2.50. The summed E-state index contributed by atoms with van der Waals surface area (Å²) in [6.07, 6.45) is -0.0841. The highest BCUT2D eigenvalue weighted by Crippen LogP contribution is 2.18. The molecule has 0 atom stereocenters. The monoisotopic (exact) mass is 157 g/mol. The third-order valence-electron chi connectivity index (χ3n) is 1.11. The number of hydrogen-bond acceptors (Lipinski definition) is 3. The molecule has 2 N–H and O–H groups in total. The zero-order valence-electron chi connectivity index (χ0n) is 6.48. The highest BCUT2D eigenvalue weighted by atomic mass is 16.7. The Labute approximate surface area is 64.6 Å². The maximum absolute atomic E-state index is 9.06. The Bertz CT molecular complexity index is 222. The number of rotatable bonds is 2. The minimum atomic E-state index is -0.101. The zero-order chi connectivity index (χ0) is 8.43. The fourth-order valence-electron chi connectivity index (χ4n) is 0.721. The van der Waals surface area contributed by atoms with Crippen molar-refractivity contribution in [2.24, 2.45) is 0 Å². The summed E-state index contributed by atoms with van der Waals surface area (Å²) in [5.74, 6) is -0.201. The van der Waals surface area contributed by atoms with Gasteiger partial charge in [0.05, 0.1) is 0 Å². The molecule has 62 valence electrons. The van der Waals surface area contributed by atoms with E-state index in [1.54, 1.807) is 13.8 Å². The van der Waals surface area contributed by atoms with Gasteiger partial charge in [0.25, 0.3) is 0 Å². The van der Waals surface area contributed by atoms with E-state index in [0.29, 0.717) is 0 Å². The summed E-state index contributed by atoms with van der Waals surface area (Å²) in [6, 6.07) is 2.72. The van der Waals surface area contributed by atoms with E-state index in [1.165, 1.54) is 12.1 Å². The average molecular weight is 157 g/mol. The molecule has 4 heteroatoms. The van der Waals surface area contributed by atoms with Crippen LogP contribution in [-0.2, 0) is 0 Å². The Balaban J connectivity index is 2.83. The largest absolute Gasteiger partial charge is 0.492 e. The second kappa shape index (κ2) is 2.74. The van der Waals surface area contributed by atoms with Gasteiger partial charge in [-0.1, -0.05) is 0 Å². The lowest BCUT2D eigenvalue weighted by molar-refractivity contribution is 0.0333. The summed E-state index contributed by atoms with van der Waals surface area (Å²) in [7, 11) is 0. The van der Waals surface area contributed by atoms with Crippen molar-refractivity contribution in [2.45, 2.75) is 20.0 Å². The van der Waals surface area contributed by atoms with E-state index in [-0.39, 0.29) is 17.9 Å². The molecule has 11 heavy (non-hydrogen) atoms. The molecule has 0 amide bonds. The SMILES string of the molecule is CC(C)On1c(O)ccc1O. The molecule has 0 radical (unpaired) electrons. The van der Waals surface area contributed by atoms with Crippen LogP contribution in [0.4, 0.5) is 0 Å². The van der Waals surface area contributed by atoms with Gasteiger partial charge in [-0.2, -0.15) is 0 Å². The van der Waals surface area contributed by atoms with Crippen LogP contribution in [0.1, 0.15) is 13.8 Å². The molecule has 0 saturated carbocycles. The van der Waals surface area contributed by atoms with Gasteiger partial charge in [-0.3, -0.25) is 0 Å². The Morgan fingerprint density at radius 2 is 1.73 bits per heavy atom. The first-order valence-corrected chi connectivity index (χ1v) is 3.38. The number of aromatic hydroxyl groups is 2. The topological polar surface area (TPSA) is 54.6 Å². The van der Waals surface area contributed by atoms with E-state index in [2.05, 4.69) is 0 Å². The molecule has 0 aliphatic rings. The minimum Gasteiger partial charge on any atom is -0.492 e. The first-order chi connectivity index (χ1) is 5.11. The number of nitrogens with zero attached hydrogens (tertiary/aromatic N) is 1. The van der Waals surface area contributed by atoms with Crippen LogP contribution in [-0.4, -0.2) is 21.0 Å². The van der Waals surface area contributed by atoms with E-state index in [9.17, 15) is 0 Å². The van der Waals surface area contributed by atoms with Crippen LogP contribution in [0, 0.1) is 0 Å². The maximum Gasteiger partial charge on any atom is 0.229 e. The summed E-state index contributed by atoms with van der Waals surface area (Å²) in [6.45, 7) is 3.61. The molecule has 0 aromatic carbocycles. The van der Waals surface area contributed by atoms with Crippen molar-refractivity contribution < 1.29 is 15.1 Å². The van der Waals surface area contributed by atoms with Crippen molar-refractivity contribution in [1.82, 2.24) is 4.73 Å². The summed E-state index contributed by atoms with van der Waals surface area (Å²) in [5, 5.41) is 18.1. The van der Waals surface area contributed by atoms with Gasteiger partial charge in [0, 0.05) is 12.1 Å². The molecule has 0 saturated heterocycles. The third kappa shape index (κ3) is 1.58. The van der Waals surface area contributed by atoms with Gasteiger partial charge in [-0.05, 0) is 13.8 Å². The molecule has 0 spiro atoms. The van der Waals surface area contributed by atoms with Crippen LogP contribution in [0.3, 0.4) is 0 Å². The van der Waals surface area contributed by atoms with Crippen molar-refractivity contribution in [1.29, 1.82) is 0 Å². The summed E-state index contributed by atoms with van der Waals surface area (Å²) in [4.78, 5) is 5.03. The second-order valence-corrected chi connectivity index (χ2v) is 2.50. The quantitative estimate of drug-likeness (QED) is 0.665. The highest BCUT2D eigenvalue weighted by molar-refractivity contribution is 5.21. The molecule has 0 fully saturated rings. The van der Waals surface area contributed by atoms with Crippen LogP contribution in [0.2, 0.25) is 0 Å². The lowest BCUT2D eigenvalue weighted by atomic mass is 10.5. The van der Waals surface area contributed by atoms with Gasteiger partial charge in [0.1, 0.15) is 6.10 Å². The lowest BCUT2D eigenvalue weighted by Gasteiger charge is -2.11. The van der Waals surface area contributed by atoms with Crippen LogP contribution in [0.5, 0.6) is 11.8 Å². The molecule has 4 nitrogen and oxygen atoms in total. The molecule has 0 bridgehead atoms. The molecule has 1 aromatic heterocycles. The third-order valence-corrected chi connectivity index (χ3v) is 1.11. The predicted molar refractivity (Wildman–Crippen MR) is 39.5 cm³/mol. The molecule has 0 aliphatic heterocycles. The van der Waals surface area contributed by atoms with Crippen LogP contribution < -0.4 is 4.84 Å². The maximum atomic E-state index is 9.06. The van der Waals surface area contributed by atoms with Gasteiger partial charge >= 0.3 is 0 Å². The molecule has 1 aromatic rings. The van der Waals surface area contributed by atoms with E-state index in [1.807, 2.05) is 0 Å². The van der Waals surface area contributed by atoms with Crippen molar-refractivity contribution in [3.8, 4) is 11.8 Å². The standard InChI is InChI=1S/C7H11NO3/c1-5(2)11-8-6(9)3-4-7(8)10/h3-5,9-10H,1-2H3. The predicted octanol–water partition coefficient (Wildman–Crippen LogP) is 0.736. The van der Waals surface area contributed by atoms with Crippen molar-refractivity contribution in [3.63, 3.8) is 0 Å². The Hall–Kier alpha value is -1.32. The van der Waals surface area contributed by atoms with E-state index in [4.69, 9.17) is 15.1 Å². The first kappa shape index (κ1) is 7.78.